The van der Waals surface area contributed by atoms with Crippen molar-refractivity contribution in [3.8, 4) is 11.5 Å². The van der Waals surface area contributed by atoms with Crippen LogP contribution in [0.5, 0.6) is 11.5 Å². The zero-order valence-corrected chi connectivity index (χ0v) is 22.0. The third kappa shape index (κ3) is 11.2. The van der Waals surface area contributed by atoms with Crippen LogP contribution in [0.15, 0.2) is 72.6 Å². The number of thiocarbonyl (C=S) groups is 2. The van der Waals surface area contributed by atoms with E-state index in [1.807, 2.05) is 24.3 Å². The summed E-state index contributed by atoms with van der Waals surface area (Å²) in [6.45, 7) is 5.14. The number of esters is 1. The lowest BCUT2D eigenvalue weighted by molar-refractivity contribution is -0.143. The number of ether oxygens (including phenoxy) is 4. The van der Waals surface area contributed by atoms with Gasteiger partial charge in [-0.05, 0) is 69.5 Å². The summed E-state index contributed by atoms with van der Waals surface area (Å²) < 4.78 is 21.3. The highest BCUT2D eigenvalue weighted by molar-refractivity contribution is 7.80. The van der Waals surface area contributed by atoms with Crippen LogP contribution >= 0.6 is 24.4 Å². The fraction of sp³-hybridized carbons (Fsp3) is 0.280. The maximum atomic E-state index is 12.4. The largest absolute Gasteiger partial charge is 0.467 e. The van der Waals surface area contributed by atoms with E-state index in [0.29, 0.717) is 17.2 Å². The second-order valence-electron chi connectivity index (χ2n) is 8.27. The average Bonchev–Trinajstić information content (AvgIpc) is 2.81. The Labute approximate surface area is 221 Å². The number of hydrogen-bond acceptors (Lipinski definition) is 8. The fourth-order valence-electron chi connectivity index (χ4n) is 2.67. The van der Waals surface area contributed by atoms with Crippen molar-refractivity contribution in [1.29, 1.82) is 0 Å². The van der Waals surface area contributed by atoms with E-state index in [1.165, 1.54) is 13.3 Å². The van der Waals surface area contributed by atoms with E-state index in [-0.39, 0.29) is 16.8 Å². The van der Waals surface area contributed by atoms with Gasteiger partial charge < -0.3 is 34.9 Å². The Balaban J connectivity index is 2.17. The number of hydrogen-bond donors (Lipinski definition) is 3. The molecule has 0 aliphatic heterocycles. The van der Waals surface area contributed by atoms with Gasteiger partial charge in [-0.3, -0.25) is 0 Å². The molecule has 0 heterocycles. The van der Waals surface area contributed by atoms with E-state index in [0.717, 1.165) is 0 Å². The molecule has 9 nitrogen and oxygen atoms in total. The maximum absolute atomic E-state index is 12.4. The molecule has 0 spiro atoms. The standard InChI is InChI=1S/C25H29N3O6S2/c1-25(2,3)34-22(30)28-20(21(29)31-4)15-17(27-24(36)33-19-13-9-6-10-14-19)16-26-23(35)32-18-11-7-5-8-12-18/h5-14,16,20H,15H2,1-4H3,(H,26,35)(H,27,36)(H,28,30)/b17-16-/t20-/m0/s1. The number of methoxy groups -OCH3 is 1. The van der Waals surface area contributed by atoms with Crippen LogP contribution in [0.1, 0.15) is 27.2 Å². The number of amides is 1. The highest BCUT2D eigenvalue weighted by Gasteiger charge is 2.26. The molecule has 0 fully saturated rings. The number of alkyl carbamates (subject to hydrolysis) is 1. The van der Waals surface area contributed by atoms with Crippen molar-refractivity contribution in [1.82, 2.24) is 16.0 Å². The Morgan fingerprint density at radius 1 is 0.917 bits per heavy atom. The Morgan fingerprint density at radius 2 is 1.44 bits per heavy atom. The first-order valence-corrected chi connectivity index (χ1v) is 11.7. The number of carbonyl (C=O) groups excluding carboxylic acids is 2. The smallest absolute Gasteiger partial charge is 0.408 e. The van der Waals surface area contributed by atoms with Gasteiger partial charge in [-0.25, -0.2) is 9.59 Å². The summed E-state index contributed by atoms with van der Waals surface area (Å²) in [5, 5.41) is 8.30. The molecule has 0 saturated heterocycles. The molecule has 0 bridgehead atoms. The number of para-hydroxylation sites is 2. The van der Waals surface area contributed by atoms with Gasteiger partial charge in [0.05, 0.1) is 7.11 Å². The van der Waals surface area contributed by atoms with E-state index in [9.17, 15) is 9.59 Å². The summed E-state index contributed by atoms with van der Waals surface area (Å²) in [7, 11) is 1.22. The summed E-state index contributed by atoms with van der Waals surface area (Å²) in [5.41, 5.74) is -0.406. The lowest BCUT2D eigenvalue weighted by Crippen LogP contribution is -2.45. The van der Waals surface area contributed by atoms with E-state index in [2.05, 4.69) is 16.0 Å². The Hall–Kier alpha value is -3.70. The predicted octanol–water partition coefficient (Wildman–Crippen LogP) is 4.19. The topological polar surface area (TPSA) is 107 Å². The number of rotatable bonds is 8. The molecule has 1 amide bonds. The van der Waals surface area contributed by atoms with Crippen molar-refractivity contribution in [3.05, 3.63) is 72.6 Å². The van der Waals surface area contributed by atoms with Gasteiger partial charge >= 0.3 is 12.1 Å². The van der Waals surface area contributed by atoms with Crippen molar-refractivity contribution in [2.45, 2.75) is 38.8 Å². The SMILES string of the molecule is COC(=O)[C@H](C/C(=C/NC(=S)Oc1ccccc1)NC(=S)Oc1ccccc1)NC(=O)OC(C)(C)C. The average molecular weight is 532 g/mol. The van der Waals surface area contributed by atoms with Crippen molar-refractivity contribution >= 4 is 46.8 Å². The van der Waals surface area contributed by atoms with Gasteiger partial charge in [0.25, 0.3) is 10.3 Å². The van der Waals surface area contributed by atoms with Crippen LogP contribution in [-0.4, -0.2) is 41.2 Å². The Bertz CT molecular complexity index is 1070. The number of benzene rings is 2. The molecular formula is C25H29N3O6S2. The van der Waals surface area contributed by atoms with Crippen LogP contribution in [0.3, 0.4) is 0 Å². The molecule has 3 N–H and O–H groups in total. The summed E-state index contributed by atoms with van der Waals surface area (Å²) in [6.07, 6.45) is 0.611. The van der Waals surface area contributed by atoms with Crippen LogP contribution in [0.4, 0.5) is 4.79 Å². The molecule has 0 unspecified atom stereocenters. The van der Waals surface area contributed by atoms with Crippen LogP contribution in [0.25, 0.3) is 0 Å². The Kier molecular flexibility index (Phi) is 11.1. The molecule has 0 aliphatic carbocycles. The van der Waals surface area contributed by atoms with Gasteiger partial charge in [0.15, 0.2) is 0 Å². The van der Waals surface area contributed by atoms with Crippen molar-refractivity contribution < 1.29 is 28.5 Å². The van der Waals surface area contributed by atoms with Gasteiger partial charge in [-0.15, -0.1) is 0 Å². The quantitative estimate of drug-likeness (QED) is 0.339. The molecule has 0 aliphatic rings. The van der Waals surface area contributed by atoms with Crippen molar-refractivity contribution in [2.75, 3.05) is 7.11 Å². The van der Waals surface area contributed by atoms with Gasteiger partial charge in [-0.1, -0.05) is 36.4 Å². The maximum Gasteiger partial charge on any atom is 0.408 e. The second-order valence-corrected chi connectivity index (χ2v) is 9.01. The van der Waals surface area contributed by atoms with Gasteiger partial charge in [-0.2, -0.15) is 0 Å². The fourth-order valence-corrected chi connectivity index (χ4v) is 3.06. The third-order valence-electron chi connectivity index (χ3n) is 4.14. The lowest BCUT2D eigenvalue weighted by atomic mass is 10.1. The first-order chi connectivity index (χ1) is 17.1. The molecule has 192 valence electrons. The molecule has 2 rings (SSSR count). The molecule has 0 saturated carbocycles. The number of nitrogens with one attached hydrogen (secondary N) is 3. The van der Waals surface area contributed by atoms with Crippen LogP contribution in [-0.2, 0) is 14.3 Å². The predicted molar refractivity (Wildman–Crippen MR) is 143 cm³/mol. The zero-order valence-electron chi connectivity index (χ0n) is 20.4. The second kappa shape index (κ2) is 14.0. The summed E-state index contributed by atoms with van der Waals surface area (Å²) in [4.78, 5) is 24.7. The van der Waals surface area contributed by atoms with E-state index >= 15 is 0 Å². The molecule has 36 heavy (non-hydrogen) atoms. The summed E-state index contributed by atoms with van der Waals surface area (Å²) in [6, 6.07) is 16.8. The minimum atomic E-state index is -1.10. The first-order valence-electron chi connectivity index (χ1n) is 10.9. The van der Waals surface area contributed by atoms with Crippen LogP contribution in [0, 0.1) is 0 Å². The zero-order chi connectivity index (χ0) is 26.6. The molecule has 0 aromatic heterocycles. The van der Waals surface area contributed by atoms with Gasteiger partial charge in [0, 0.05) is 18.3 Å². The van der Waals surface area contributed by atoms with Crippen LogP contribution in [0.2, 0.25) is 0 Å². The molecule has 2 aromatic rings. The van der Waals surface area contributed by atoms with Crippen molar-refractivity contribution in [2.24, 2.45) is 0 Å². The van der Waals surface area contributed by atoms with Crippen LogP contribution < -0.4 is 25.4 Å². The minimum absolute atomic E-state index is 0.00466. The van der Waals surface area contributed by atoms with Gasteiger partial charge in [0.1, 0.15) is 23.1 Å². The third-order valence-corrected chi connectivity index (χ3v) is 4.52. The van der Waals surface area contributed by atoms with Crippen molar-refractivity contribution in [3.63, 3.8) is 0 Å². The molecule has 2 aromatic carbocycles. The lowest BCUT2D eigenvalue weighted by Gasteiger charge is -2.23. The van der Waals surface area contributed by atoms with E-state index in [1.54, 1.807) is 57.2 Å². The highest BCUT2D eigenvalue weighted by Crippen LogP contribution is 2.12. The van der Waals surface area contributed by atoms with E-state index in [4.69, 9.17) is 43.4 Å². The van der Waals surface area contributed by atoms with E-state index < -0.39 is 23.7 Å². The molecular weight excluding hydrogens is 502 g/mol. The Morgan fingerprint density at radius 3 is 1.94 bits per heavy atom. The summed E-state index contributed by atoms with van der Waals surface area (Å²) >= 11 is 10.5. The first kappa shape index (κ1) is 28.5. The normalized spacial score (nSPS) is 11.9. The monoisotopic (exact) mass is 531 g/mol. The minimum Gasteiger partial charge on any atom is -0.467 e. The molecule has 0 radical (unpaired) electrons. The van der Waals surface area contributed by atoms with Gasteiger partial charge in [0.2, 0.25) is 0 Å². The molecule has 1 atom stereocenters. The number of carbonyl (C=O) groups is 2. The highest BCUT2D eigenvalue weighted by atomic mass is 32.1. The summed E-state index contributed by atoms with van der Waals surface area (Å²) in [5.74, 6) is 0.369. The molecule has 11 heteroatoms.